The van der Waals surface area contributed by atoms with Crippen molar-refractivity contribution in [1.82, 2.24) is 10.2 Å². The zero-order chi connectivity index (χ0) is 32.0. The summed E-state index contributed by atoms with van der Waals surface area (Å²) < 4.78 is 29.6. The van der Waals surface area contributed by atoms with E-state index >= 15 is 0 Å². The Morgan fingerprint density at radius 2 is 1.43 bits per heavy atom. The first-order chi connectivity index (χ1) is 20.9. The minimum atomic E-state index is -4.21. The van der Waals surface area contributed by atoms with Crippen molar-refractivity contribution in [1.29, 1.82) is 0 Å². The molecule has 230 valence electrons. The minimum absolute atomic E-state index is 0.0460. The predicted octanol–water partition coefficient (Wildman–Crippen LogP) is 6.50. The van der Waals surface area contributed by atoms with E-state index in [1.165, 1.54) is 24.1 Å². The quantitative estimate of drug-likeness (QED) is 0.201. The number of anilines is 1. The Morgan fingerprint density at radius 3 is 2.05 bits per heavy atom. The van der Waals surface area contributed by atoms with Crippen LogP contribution in [0.5, 0.6) is 0 Å². The van der Waals surface area contributed by atoms with E-state index < -0.39 is 34.4 Å². The van der Waals surface area contributed by atoms with E-state index in [2.05, 4.69) is 5.32 Å². The zero-order valence-electron chi connectivity index (χ0n) is 25.1. The molecule has 0 aliphatic rings. The van der Waals surface area contributed by atoms with Crippen molar-refractivity contribution < 1.29 is 18.0 Å². The Balaban J connectivity index is 1.85. The molecule has 10 heteroatoms. The lowest BCUT2D eigenvalue weighted by Crippen LogP contribution is -2.53. The van der Waals surface area contributed by atoms with Crippen LogP contribution < -0.4 is 9.62 Å². The van der Waals surface area contributed by atoms with E-state index in [9.17, 15) is 18.0 Å². The minimum Gasteiger partial charge on any atom is -0.357 e. The van der Waals surface area contributed by atoms with Crippen molar-refractivity contribution in [2.75, 3.05) is 17.9 Å². The molecule has 4 aromatic carbocycles. The second kappa shape index (κ2) is 14.3. The highest BCUT2D eigenvalue weighted by atomic mass is 35.5. The van der Waals surface area contributed by atoms with Crippen LogP contribution in [0.3, 0.4) is 0 Å². The summed E-state index contributed by atoms with van der Waals surface area (Å²) in [6, 6.07) is 25.1. The molecular weight excluding hydrogens is 617 g/mol. The molecule has 4 rings (SSSR count). The van der Waals surface area contributed by atoms with E-state index in [1.807, 2.05) is 57.2 Å². The lowest BCUT2D eigenvalue weighted by Gasteiger charge is -2.34. The first-order valence-corrected chi connectivity index (χ1v) is 16.3. The molecule has 1 atom stereocenters. The number of amides is 2. The number of likely N-dealkylation sites (N-methyl/N-ethyl adjacent to an activating group) is 1. The van der Waals surface area contributed by atoms with Gasteiger partial charge in [-0.15, -0.1) is 0 Å². The molecule has 2 amide bonds. The normalized spacial score (nSPS) is 12.0. The summed E-state index contributed by atoms with van der Waals surface area (Å²) in [5, 5.41) is 3.31. The molecule has 0 heterocycles. The average Bonchev–Trinajstić information content (AvgIpc) is 3.00. The smallest absolute Gasteiger partial charge is 0.264 e. The van der Waals surface area contributed by atoms with Gasteiger partial charge in [-0.1, -0.05) is 89.4 Å². The molecule has 0 saturated carbocycles. The van der Waals surface area contributed by atoms with E-state index in [1.54, 1.807) is 42.5 Å². The van der Waals surface area contributed by atoms with Crippen LogP contribution in [-0.2, 0) is 32.6 Å². The zero-order valence-corrected chi connectivity index (χ0v) is 27.4. The average molecular weight is 653 g/mol. The summed E-state index contributed by atoms with van der Waals surface area (Å²) in [4.78, 5) is 29.3. The summed E-state index contributed by atoms with van der Waals surface area (Å²) in [7, 11) is -2.71. The van der Waals surface area contributed by atoms with Gasteiger partial charge in [0.2, 0.25) is 11.8 Å². The van der Waals surface area contributed by atoms with Crippen LogP contribution in [0.2, 0.25) is 10.0 Å². The van der Waals surface area contributed by atoms with Crippen molar-refractivity contribution in [3.8, 4) is 0 Å². The number of carbonyl (C=O) groups excluding carboxylic acids is 2. The van der Waals surface area contributed by atoms with Crippen LogP contribution >= 0.6 is 23.2 Å². The highest BCUT2D eigenvalue weighted by Gasteiger charge is 2.35. The Morgan fingerprint density at radius 1 is 0.818 bits per heavy atom. The van der Waals surface area contributed by atoms with Gasteiger partial charge in [-0.05, 0) is 67.8 Å². The second-order valence-electron chi connectivity index (χ2n) is 10.6. The van der Waals surface area contributed by atoms with Crippen molar-refractivity contribution in [3.63, 3.8) is 0 Å². The largest absolute Gasteiger partial charge is 0.357 e. The van der Waals surface area contributed by atoms with Crippen molar-refractivity contribution in [2.45, 2.75) is 44.7 Å². The Kier molecular flexibility index (Phi) is 10.7. The van der Waals surface area contributed by atoms with Gasteiger partial charge in [-0.2, -0.15) is 0 Å². The molecule has 0 aliphatic heterocycles. The number of aryl methyl sites for hydroxylation is 2. The SMILES string of the molecule is CNC(=O)[C@@H](Cc1ccccc1)N(Cc1c(Cl)cccc1Cl)C(=O)CN(c1cccc(C)c1C)S(=O)(=O)c1ccc(C)cc1. The molecule has 0 spiro atoms. The fraction of sp³-hybridized carbons (Fsp3) is 0.235. The van der Waals surface area contributed by atoms with E-state index in [4.69, 9.17) is 23.2 Å². The van der Waals surface area contributed by atoms with E-state index in [-0.39, 0.29) is 17.9 Å². The van der Waals surface area contributed by atoms with Crippen LogP contribution in [0.4, 0.5) is 5.69 Å². The summed E-state index contributed by atoms with van der Waals surface area (Å²) in [6.45, 7) is 4.88. The number of benzene rings is 4. The molecule has 0 unspecified atom stereocenters. The number of hydrogen-bond donors (Lipinski definition) is 1. The third kappa shape index (κ3) is 7.44. The van der Waals surface area contributed by atoms with Crippen LogP contribution in [-0.4, -0.2) is 44.8 Å². The molecule has 0 aliphatic carbocycles. The Hall–Kier alpha value is -3.85. The maximum Gasteiger partial charge on any atom is 0.264 e. The summed E-state index contributed by atoms with van der Waals surface area (Å²) in [5.41, 5.74) is 4.12. The summed E-state index contributed by atoms with van der Waals surface area (Å²) in [5.74, 6) is -1.01. The lowest BCUT2D eigenvalue weighted by atomic mass is 10.0. The fourth-order valence-electron chi connectivity index (χ4n) is 4.93. The Labute approximate surface area is 269 Å². The fourth-order valence-corrected chi connectivity index (χ4v) is 6.92. The van der Waals surface area contributed by atoms with Crippen molar-refractivity contribution in [3.05, 3.63) is 129 Å². The van der Waals surface area contributed by atoms with Gasteiger partial charge in [0.1, 0.15) is 12.6 Å². The monoisotopic (exact) mass is 651 g/mol. The molecule has 0 saturated heterocycles. The lowest BCUT2D eigenvalue weighted by molar-refractivity contribution is -0.139. The molecule has 1 N–H and O–H groups in total. The second-order valence-corrected chi connectivity index (χ2v) is 13.3. The number of sulfonamides is 1. The number of hydrogen-bond acceptors (Lipinski definition) is 4. The standard InChI is InChI=1S/C34H35Cl2N3O4S/c1-23-16-18-27(19-17-23)44(42,43)39(31-15-8-10-24(2)25(31)3)22-33(40)38(21-28-29(35)13-9-14-30(28)36)32(34(41)37-4)20-26-11-6-5-7-12-26/h5-19,32H,20-22H2,1-4H3,(H,37,41)/t32-/m1/s1. The molecule has 0 fully saturated rings. The van der Waals surface area contributed by atoms with E-state index in [0.717, 1.165) is 21.0 Å². The van der Waals surface area contributed by atoms with Gasteiger partial charge >= 0.3 is 0 Å². The topological polar surface area (TPSA) is 86.8 Å². The Bertz CT molecular complexity index is 1730. The van der Waals surface area contributed by atoms with Gasteiger partial charge in [0.25, 0.3) is 10.0 Å². The number of carbonyl (C=O) groups is 2. The third-order valence-electron chi connectivity index (χ3n) is 7.64. The van der Waals surface area contributed by atoms with Crippen molar-refractivity contribution >= 4 is 50.7 Å². The highest BCUT2D eigenvalue weighted by molar-refractivity contribution is 7.92. The molecule has 0 radical (unpaired) electrons. The van der Waals surface area contributed by atoms with Gasteiger partial charge in [-0.3, -0.25) is 13.9 Å². The predicted molar refractivity (Wildman–Crippen MR) is 177 cm³/mol. The summed E-state index contributed by atoms with van der Waals surface area (Å²) >= 11 is 13.1. The molecule has 4 aromatic rings. The number of nitrogens with one attached hydrogen (secondary N) is 1. The molecule has 0 bridgehead atoms. The molecule has 44 heavy (non-hydrogen) atoms. The van der Waals surface area contributed by atoms with Crippen LogP contribution in [0.1, 0.15) is 27.8 Å². The molecule has 0 aromatic heterocycles. The van der Waals surface area contributed by atoms with Gasteiger partial charge < -0.3 is 10.2 Å². The van der Waals surface area contributed by atoms with Gasteiger partial charge in [0.05, 0.1) is 10.6 Å². The maximum absolute atomic E-state index is 14.5. The third-order valence-corrected chi connectivity index (χ3v) is 10.1. The first-order valence-electron chi connectivity index (χ1n) is 14.1. The highest BCUT2D eigenvalue weighted by Crippen LogP contribution is 2.31. The van der Waals surface area contributed by atoms with Crippen molar-refractivity contribution in [2.24, 2.45) is 0 Å². The molecule has 7 nitrogen and oxygen atoms in total. The van der Waals surface area contributed by atoms with Crippen LogP contribution in [0, 0.1) is 20.8 Å². The van der Waals surface area contributed by atoms with Crippen LogP contribution in [0.25, 0.3) is 0 Å². The van der Waals surface area contributed by atoms with Gasteiger partial charge in [-0.25, -0.2) is 8.42 Å². The summed E-state index contributed by atoms with van der Waals surface area (Å²) in [6.07, 6.45) is 0.183. The number of rotatable bonds is 11. The number of halogens is 2. The van der Waals surface area contributed by atoms with Gasteiger partial charge in [0, 0.05) is 35.6 Å². The van der Waals surface area contributed by atoms with Crippen LogP contribution in [0.15, 0.2) is 95.9 Å². The first kappa shape index (κ1) is 33.1. The number of nitrogens with zero attached hydrogens (tertiary/aromatic N) is 2. The maximum atomic E-state index is 14.5. The van der Waals surface area contributed by atoms with E-state index in [0.29, 0.717) is 26.9 Å². The molecular formula is C34H35Cl2N3O4S. The van der Waals surface area contributed by atoms with Gasteiger partial charge in [0.15, 0.2) is 0 Å².